The second kappa shape index (κ2) is 12.6. The first-order valence-electron chi connectivity index (χ1n) is 7.41. The van der Waals surface area contributed by atoms with Crippen LogP contribution in [0.25, 0.3) is 0 Å². The summed E-state index contributed by atoms with van der Waals surface area (Å²) in [6.07, 6.45) is 0. The van der Waals surface area contributed by atoms with Crippen molar-refractivity contribution in [1.29, 1.82) is 0 Å². The zero-order valence-corrected chi connectivity index (χ0v) is 16.9. The Labute approximate surface area is 165 Å². The van der Waals surface area contributed by atoms with Crippen LogP contribution in [0.15, 0.2) is 91.0 Å². The van der Waals surface area contributed by atoms with Crippen LogP contribution in [0.1, 0.15) is 6.92 Å². The number of aliphatic carboxylic acids is 1. The largest absolute Gasteiger partial charge is 0.481 e. The second-order valence-corrected chi connectivity index (χ2v) is 7.47. The predicted molar refractivity (Wildman–Crippen MR) is 106 cm³/mol. The van der Waals surface area contributed by atoms with Gasteiger partial charge in [-0.05, 0) is 36.4 Å². The van der Waals surface area contributed by atoms with Gasteiger partial charge in [-0.1, -0.05) is 54.6 Å². The molecule has 0 aliphatic rings. The number of carbonyl (C=O) groups is 1. The molecule has 0 radical (unpaired) electrons. The van der Waals surface area contributed by atoms with Gasteiger partial charge in [-0.25, -0.2) is 0 Å². The van der Waals surface area contributed by atoms with Crippen LogP contribution in [0.5, 0.6) is 0 Å². The third kappa shape index (κ3) is 7.76. The summed E-state index contributed by atoms with van der Waals surface area (Å²) in [6.45, 7) is 1.08. The minimum atomic E-state index is -0.877. The molecule has 0 heterocycles. The van der Waals surface area contributed by atoms with Crippen molar-refractivity contribution in [1.82, 2.24) is 0 Å². The van der Waals surface area contributed by atoms with Gasteiger partial charge in [0.15, 0.2) is 0 Å². The SMILES string of the molecule is CC(=O)O.[CH3-].[Pd].c1ccc([PH+](c2ccccc2)c2ccccc2)cc1. The first kappa shape index (κ1) is 23.2. The van der Waals surface area contributed by atoms with Gasteiger partial charge in [0.2, 0.25) is 0 Å². The molecule has 3 aromatic carbocycles. The predicted octanol–water partition coefficient (Wildman–Crippen LogP) is 3.72. The molecule has 134 valence electrons. The van der Waals surface area contributed by atoms with Crippen molar-refractivity contribution in [2.75, 3.05) is 0 Å². The van der Waals surface area contributed by atoms with E-state index in [4.69, 9.17) is 9.90 Å². The quantitative estimate of drug-likeness (QED) is 0.380. The van der Waals surface area contributed by atoms with Crippen LogP contribution in [0.4, 0.5) is 0 Å². The molecular formula is C21H23O2PPd. The van der Waals surface area contributed by atoms with Crippen LogP contribution in [-0.4, -0.2) is 11.1 Å². The Balaban J connectivity index is 0.000000874. The molecule has 1 N–H and O–H groups in total. The van der Waals surface area contributed by atoms with Gasteiger partial charge in [-0.3, -0.25) is 4.79 Å². The van der Waals surface area contributed by atoms with Crippen molar-refractivity contribution in [3.63, 3.8) is 0 Å². The summed E-state index contributed by atoms with van der Waals surface area (Å²) in [5.74, 6) is -0.833. The zero-order chi connectivity index (χ0) is 16.5. The van der Waals surface area contributed by atoms with Crippen LogP contribution in [0, 0.1) is 7.43 Å². The Morgan fingerprint density at radius 2 is 0.880 bits per heavy atom. The van der Waals surface area contributed by atoms with Crippen LogP contribution in [0.2, 0.25) is 0 Å². The molecule has 2 nitrogen and oxygen atoms in total. The molecule has 0 bridgehead atoms. The number of hydrogen-bond donors (Lipinski definition) is 1. The smallest absolute Gasteiger partial charge is 0.300 e. The Kier molecular flexibility index (Phi) is 11.7. The van der Waals surface area contributed by atoms with E-state index in [-0.39, 0.29) is 27.8 Å². The molecular weight excluding hydrogens is 422 g/mol. The number of benzene rings is 3. The number of rotatable bonds is 3. The van der Waals surface area contributed by atoms with Crippen LogP contribution in [0.3, 0.4) is 0 Å². The van der Waals surface area contributed by atoms with Crippen molar-refractivity contribution in [2.24, 2.45) is 0 Å². The molecule has 4 heteroatoms. The van der Waals surface area contributed by atoms with Crippen molar-refractivity contribution in [3.05, 3.63) is 98.4 Å². The summed E-state index contributed by atoms with van der Waals surface area (Å²) in [6, 6.07) is 32.5. The monoisotopic (exact) mass is 444 g/mol. The summed E-state index contributed by atoms with van der Waals surface area (Å²) in [7, 11) is -0.877. The van der Waals surface area contributed by atoms with Crippen LogP contribution in [-0.2, 0) is 25.2 Å². The van der Waals surface area contributed by atoms with Crippen LogP contribution < -0.4 is 15.9 Å². The molecule has 0 amide bonds. The van der Waals surface area contributed by atoms with E-state index in [9.17, 15) is 0 Å². The zero-order valence-electron chi connectivity index (χ0n) is 14.3. The fourth-order valence-corrected chi connectivity index (χ4v) is 4.89. The molecule has 3 aromatic rings. The molecule has 0 aliphatic carbocycles. The van der Waals surface area contributed by atoms with E-state index in [1.165, 1.54) is 15.9 Å². The Morgan fingerprint density at radius 3 is 1.08 bits per heavy atom. The van der Waals surface area contributed by atoms with Gasteiger partial charge in [0, 0.05) is 27.3 Å². The third-order valence-electron chi connectivity index (χ3n) is 3.19. The Bertz CT molecular complexity index is 621. The Hall–Kier alpha value is -1.78. The van der Waals surface area contributed by atoms with Crippen molar-refractivity contribution >= 4 is 29.8 Å². The summed E-state index contributed by atoms with van der Waals surface area (Å²) in [5.41, 5.74) is 0. The molecule has 0 atom stereocenters. The normalized spacial score (nSPS) is 9.04. The molecule has 0 aliphatic heterocycles. The van der Waals surface area contributed by atoms with Gasteiger partial charge in [-0.15, -0.1) is 0 Å². The number of carboxylic acids is 1. The maximum absolute atomic E-state index is 9.00. The molecule has 0 unspecified atom stereocenters. The summed E-state index contributed by atoms with van der Waals surface area (Å²) < 4.78 is 0. The topological polar surface area (TPSA) is 37.3 Å². The molecule has 0 saturated heterocycles. The van der Waals surface area contributed by atoms with Gasteiger partial charge in [0.05, 0.1) is 7.92 Å². The van der Waals surface area contributed by atoms with Crippen molar-refractivity contribution < 1.29 is 30.3 Å². The minimum Gasteiger partial charge on any atom is -0.481 e. The molecule has 25 heavy (non-hydrogen) atoms. The summed E-state index contributed by atoms with van der Waals surface area (Å²) in [4.78, 5) is 9.00. The number of carboxylic acid groups (broad SMARTS) is 1. The van der Waals surface area contributed by atoms with Gasteiger partial charge in [-0.2, -0.15) is 0 Å². The van der Waals surface area contributed by atoms with Gasteiger partial charge < -0.3 is 12.5 Å². The first-order chi connectivity index (χ1) is 11.2. The molecule has 0 spiro atoms. The fraction of sp³-hybridized carbons (Fsp3) is 0.0476. The summed E-state index contributed by atoms with van der Waals surface area (Å²) in [5, 5.41) is 11.7. The average molecular weight is 445 g/mol. The first-order valence-corrected chi connectivity index (χ1v) is 8.91. The average Bonchev–Trinajstić information content (AvgIpc) is 2.58. The van der Waals surface area contributed by atoms with E-state index in [0.29, 0.717) is 0 Å². The maximum atomic E-state index is 9.00. The Morgan fingerprint density at radius 1 is 0.680 bits per heavy atom. The van der Waals surface area contributed by atoms with E-state index in [1.54, 1.807) is 0 Å². The van der Waals surface area contributed by atoms with E-state index in [0.717, 1.165) is 6.92 Å². The maximum Gasteiger partial charge on any atom is 0.300 e. The number of hydrogen-bond acceptors (Lipinski definition) is 1. The van der Waals surface area contributed by atoms with Gasteiger partial charge in [0.1, 0.15) is 15.9 Å². The molecule has 3 rings (SSSR count). The van der Waals surface area contributed by atoms with E-state index in [2.05, 4.69) is 91.0 Å². The van der Waals surface area contributed by atoms with Gasteiger partial charge in [0.25, 0.3) is 5.97 Å². The molecule has 0 saturated carbocycles. The van der Waals surface area contributed by atoms with E-state index in [1.807, 2.05) is 0 Å². The third-order valence-corrected chi connectivity index (χ3v) is 5.92. The summed E-state index contributed by atoms with van der Waals surface area (Å²) >= 11 is 0. The van der Waals surface area contributed by atoms with Gasteiger partial charge >= 0.3 is 0 Å². The molecule has 0 aromatic heterocycles. The molecule has 0 fully saturated rings. The van der Waals surface area contributed by atoms with E-state index < -0.39 is 13.9 Å². The minimum absolute atomic E-state index is 0. The van der Waals surface area contributed by atoms with Crippen molar-refractivity contribution in [3.8, 4) is 0 Å². The fourth-order valence-electron chi connectivity index (χ4n) is 2.31. The second-order valence-electron chi connectivity index (χ2n) is 4.99. The van der Waals surface area contributed by atoms with E-state index >= 15 is 0 Å². The standard InChI is InChI=1S/C18H15P.C2H4O2.CH3.Pd/c1-4-10-16(11-5-1)19(17-12-6-2-7-13-17)18-14-8-3-9-15-18;1-2(3)4;;/h1-15H;1H3,(H,3,4);1H3;/q;;-1;/p+1. The van der Waals surface area contributed by atoms with Crippen LogP contribution >= 0.6 is 7.92 Å². The van der Waals surface area contributed by atoms with Crippen molar-refractivity contribution in [2.45, 2.75) is 6.92 Å².